The van der Waals surface area contributed by atoms with E-state index in [9.17, 15) is 4.57 Å². The summed E-state index contributed by atoms with van der Waals surface area (Å²) in [6, 6.07) is 7.98. The molecule has 120 valence electrons. The Morgan fingerprint density at radius 1 is 0.905 bits per heavy atom. The van der Waals surface area contributed by atoms with Gasteiger partial charge in [-0.1, -0.05) is 40.2 Å². The number of alkyl halides is 1. The van der Waals surface area contributed by atoms with Gasteiger partial charge in [-0.3, -0.25) is 4.57 Å². The molecule has 0 unspecified atom stereocenters. The van der Waals surface area contributed by atoms with E-state index in [1.807, 2.05) is 65.8 Å². The Balaban J connectivity index is 2.98. The van der Waals surface area contributed by atoms with Crippen molar-refractivity contribution in [1.29, 1.82) is 0 Å². The SMILES string of the molecule is CC(C)(C)OP(=O)(Cc1ccc(CBr)cc1)OC(C)(C)C. The van der Waals surface area contributed by atoms with Gasteiger partial charge in [0.15, 0.2) is 0 Å². The Bertz CT molecular complexity index is 478. The lowest BCUT2D eigenvalue weighted by molar-refractivity contribution is 0.0485. The Morgan fingerprint density at radius 3 is 1.62 bits per heavy atom. The van der Waals surface area contributed by atoms with Crippen molar-refractivity contribution in [3.05, 3.63) is 35.4 Å². The van der Waals surface area contributed by atoms with E-state index in [0.29, 0.717) is 0 Å². The van der Waals surface area contributed by atoms with Gasteiger partial charge in [-0.05, 0) is 52.7 Å². The molecule has 0 atom stereocenters. The van der Waals surface area contributed by atoms with Crippen molar-refractivity contribution in [2.75, 3.05) is 0 Å². The summed E-state index contributed by atoms with van der Waals surface area (Å²) in [4.78, 5) is 0. The van der Waals surface area contributed by atoms with Crippen molar-refractivity contribution < 1.29 is 13.6 Å². The highest BCUT2D eigenvalue weighted by atomic mass is 79.9. The monoisotopic (exact) mass is 376 g/mol. The van der Waals surface area contributed by atoms with Crippen molar-refractivity contribution in [2.24, 2.45) is 0 Å². The number of hydrogen-bond donors (Lipinski definition) is 0. The molecule has 3 nitrogen and oxygen atoms in total. The average Bonchev–Trinajstić information content (AvgIpc) is 2.24. The van der Waals surface area contributed by atoms with Crippen LogP contribution in [0.15, 0.2) is 24.3 Å². The lowest BCUT2D eigenvalue weighted by atomic mass is 10.2. The molecule has 5 heteroatoms. The molecule has 0 aliphatic heterocycles. The van der Waals surface area contributed by atoms with Crippen molar-refractivity contribution in [3.8, 4) is 0 Å². The Kier molecular flexibility index (Phi) is 6.26. The van der Waals surface area contributed by atoms with Gasteiger partial charge < -0.3 is 9.05 Å². The number of halogens is 1. The highest BCUT2D eigenvalue weighted by Gasteiger charge is 2.35. The molecule has 0 N–H and O–H groups in total. The van der Waals surface area contributed by atoms with Gasteiger partial charge in [0.05, 0.1) is 17.4 Å². The molecule has 21 heavy (non-hydrogen) atoms. The average molecular weight is 377 g/mol. The molecule has 1 aromatic rings. The molecule has 0 aliphatic rings. The van der Waals surface area contributed by atoms with Crippen LogP contribution in [0.3, 0.4) is 0 Å². The quantitative estimate of drug-likeness (QED) is 0.473. The summed E-state index contributed by atoms with van der Waals surface area (Å²) >= 11 is 3.42. The predicted octanol–water partition coefficient (Wildman–Crippen LogP) is 5.90. The Morgan fingerprint density at radius 2 is 1.29 bits per heavy atom. The van der Waals surface area contributed by atoms with Crippen LogP contribution >= 0.6 is 23.5 Å². The van der Waals surface area contributed by atoms with Gasteiger partial charge in [-0.15, -0.1) is 0 Å². The van der Waals surface area contributed by atoms with E-state index in [-0.39, 0.29) is 6.16 Å². The van der Waals surface area contributed by atoms with Gasteiger partial charge in [-0.2, -0.15) is 0 Å². The summed E-state index contributed by atoms with van der Waals surface area (Å²) in [5.41, 5.74) is 1.10. The third-order valence-electron chi connectivity index (χ3n) is 2.38. The molecule has 1 aromatic carbocycles. The molecule has 0 fully saturated rings. The van der Waals surface area contributed by atoms with E-state index in [1.165, 1.54) is 5.56 Å². The van der Waals surface area contributed by atoms with Crippen LogP contribution in [0.25, 0.3) is 0 Å². The molecule has 0 saturated heterocycles. The first-order chi connectivity index (χ1) is 9.42. The molecule has 0 heterocycles. The summed E-state index contributed by atoms with van der Waals surface area (Å²) in [7, 11) is -3.22. The molecular weight excluding hydrogens is 351 g/mol. The maximum absolute atomic E-state index is 13.1. The largest absolute Gasteiger partial charge is 0.336 e. The van der Waals surface area contributed by atoms with Crippen LogP contribution in [0.5, 0.6) is 0 Å². The van der Waals surface area contributed by atoms with Gasteiger partial charge in [-0.25, -0.2) is 0 Å². The smallest absolute Gasteiger partial charge is 0.303 e. The first-order valence-electron chi connectivity index (χ1n) is 7.07. The molecular formula is C16H26BrO3P. The summed E-state index contributed by atoms with van der Waals surface area (Å²) < 4.78 is 24.7. The predicted molar refractivity (Wildman–Crippen MR) is 92.1 cm³/mol. The van der Waals surface area contributed by atoms with E-state index >= 15 is 0 Å². The Hall–Kier alpha value is -0.150. The standard InChI is InChI=1S/C16H26BrO3P/c1-15(2,3)19-21(18,20-16(4,5)6)12-14-9-7-13(11-17)8-10-14/h7-10H,11-12H2,1-6H3. The van der Waals surface area contributed by atoms with Gasteiger partial charge >= 0.3 is 7.60 Å². The molecule has 0 aromatic heterocycles. The lowest BCUT2D eigenvalue weighted by Gasteiger charge is -2.32. The van der Waals surface area contributed by atoms with Crippen LogP contribution in [-0.2, 0) is 25.1 Å². The van der Waals surface area contributed by atoms with E-state index in [4.69, 9.17) is 9.05 Å². The van der Waals surface area contributed by atoms with E-state index in [2.05, 4.69) is 15.9 Å². The zero-order chi connectivity index (χ0) is 16.3. The highest BCUT2D eigenvalue weighted by molar-refractivity contribution is 9.08. The third-order valence-corrected chi connectivity index (χ3v) is 5.43. The summed E-state index contributed by atoms with van der Waals surface area (Å²) in [6.45, 7) is 11.3. The first kappa shape index (κ1) is 18.9. The minimum atomic E-state index is -3.22. The van der Waals surface area contributed by atoms with Gasteiger partial charge in [0.1, 0.15) is 0 Å². The lowest BCUT2D eigenvalue weighted by Crippen LogP contribution is -2.24. The highest BCUT2D eigenvalue weighted by Crippen LogP contribution is 2.56. The molecule has 1 rings (SSSR count). The fourth-order valence-corrected chi connectivity index (χ4v) is 4.74. The molecule has 0 aliphatic carbocycles. The van der Waals surface area contributed by atoms with Crippen LogP contribution in [0, 0.1) is 0 Å². The minimum absolute atomic E-state index is 0.282. The van der Waals surface area contributed by atoms with E-state index in [0.717, 1.165) is 10.9 Å². The summed E-state index contributed by atoms with van der Waals surface area (Å²) in [5, 5.41) is 0.807. The van der Waals surface area contributed by atoms with E-state index in [1.54, 1.807) is 0 Å². The third kappa shape index (κ3) is 7.60. The zero-order valence-electron chi connectivity index (χ0n) is 13.8. The van der Waals surface area contributed by atoms with Crippen LogP contribution in [0.4, 0.5) is 0 Å². The molecule has 0 amide bonds. The maximum atomic E-state index is 13.1. The van der Waals surface area contributed by atoms with Crippen molar-refractivity contribution in [2.45, 2.75) is 64.2 Å². The second kappa shape index (κ2) is 6.95. The Labute approximate surface area is 137 Å². The van der Waals surface area contributed by atoms with Gasteiger partial charge in [0.2, 0.25) is 0 Å². The van der Waals surface area contributed by atoms with Crippen LogP contribution in [0.1, 0.15) is 52.7 Å². The molecule has 0 radical (unpaired) electrons. The summed E-state index contributed by atoms with van der Waals surface area (Å²) in [5.74, 6) is 0. The molecule has 0 spiro atoms. The van der Waals surface area contributed by atoms with Crippen LogP contribution in [-0.4, -0.2) is 11.2 Å². The normalized spacial score (nSPS) is 13.5. The van der Waals surface area contributed by atoms with Crippen molar-refractivity contribution in [3.63, 3.8) is 0 Å². The second-order valence-corrected chi connectivity index (χ2v) is 9.59. The summed E-state index contributed by atoms with van der Waals surface area (Å²) in [6.07, 6.45) is 0.282. The molecule has 0 bridgehead atoms. The fourth-order valence-electron chi connectivity index (χ4n) is 1.88. The van der Waals surface area contributed by atoms with Crippen LogP contribution in [0.2, 0.25) is 0 Å². The van der Waals surface area contributed by atoms with Gasteiger partial charge in [0, 0.05) is 5.33 Å². The first-order valence-corrected chi connectivity index (χ1v) is 9.92. The fraction of sp³-hybridized carbons (Fsp3) is 0.625. The maximum Gasteiger partial charge on any atom is 0.336 e. The van der Waals surface area contributed by atoms with Crippen LogP contribution < -0.4 is 0 Å². The zero-order valence-corrected chi connectivity index (χ0v) is 16.3. The van der Waals surface area contributed by atoms with E-state index < -0.39 is 18.8 Å². The van der Waals surface area contributed by atoms with Crippen molar-refractivity contribution in [1.82, 2.24) is 0 Å². The second-order valence-electron chi connectivity index (χ2n) is 7.13. The minimum Gasteiger partial charge on any atom is -0.303 e. The van der Waals surface area contributed by atoms with Crippen molar-refractivity contribution >= 4 is 23.5 Å². The van der Waals surface area contributed by atoms with Gasteiger partial charge in [0.25, 0.3) is 0 Å². The molecule has 0 saturated carbocycles. The number of benzene rings is 1. The topological polar surface area (TPSA) is 35.5 Å². The number of rotatable bonds is 5. The number of hydrogen-bond acceptors (Lipinski definition) is 3.